The topological polar surface area (TPSA) is 114 Å². The van der Waals surface area contributed by atoms with Gasteiger partial charge in [-0.15, -0.1) is 0 Å². The van der Waals surface area contributed by atoms with Crippen LogP contribution in [0.15, 0.2) is 53.6 Å². The predicted octanol–water partition coefficient (Wildman–Crippen LogP) is 2.06. The van der Waals surface area contributed by atoms with Crippen LogP contribution in [0.25, 0.3) is 0 Å². The molecule has 0 bridgehead atoms. The monoisotopic (exact) mass is 374 g/mol. The lowest BCUT2D eigenvalue weighted by Gasteiger charge is -2.04. The highest BCUT2D eigenvalue weighted by molar-refractivity contribution is 6.30. The van der Waals surface area contributed by atoms with Crippen molar-refractivity contribution in [2.75, 3.05) is 6.54 Å². The van der Waals surface area contributed by atoms with Gasteiger partial charge in [0.15, 0.2) is 0 Å². The third-order valence-corrected chi connectivity index (χ3v) is 3.50. The fourth-order valence-corrected chi connectivity index (χ4v) is 2.13. The highest BCUT2D eigenvalue weighted by Crippen LogP contribution is 2.15. The molecule has 2 aromatic rings. The standard InChI is InChI=1S/C17H15ClN4O4/c18-14-7-5-12(6-8-14)9-16(23)19-11-17(24)21-20-10-13-3-1-2-4-15(13)22(25)26/h1-8,10H,9,11H2,(H,19,23)(H,21,24)/b20-10-. The van der Waals surface area contributed by atoms with E-state index in [1.807, 2.05) is 0 Å². The largest absolute Gasteiger partial charge is 0.347 e. The Labute approximate surface area is 154 Å². The van der Waals surface area contributed by atoms with E-state index in [2.05, 4.69) is 15.8 Å². The van der Waals surface area contributed by atoms with E-state index < -0.39 is 10.8 Å². The summed E-state index contributed by atoms with van der Waals surface area (Å²) in [6.45, 7) is -0.263. The summed E-state index contributed by atoms with van der Waals surface area (Å²) in [5.74, 6) is -0.880. The fourth-order valence-electron chi connectivity index (χ4n) is 2.01. The molecular formula is C17H15ClN4O4. The Balaban J connectivity index is 1.79. The van der Waals surface area contributed by atoms with Gasteiger partial charge in [0.1, 0.15) is 0 Å². The van der Waals surface area contributed by atoms with E-state index in [1.165, 1.54) is 24.4 Å². The lowest BCUT2D eigenvalue weighted by Crippen LogP contribution is -2.35. The van der Waals surface area contributed by atoms with Crippen molar-refractivity contribution in [1.29, 1.82) is 0 Å². The lowest BCUT2D eigenvalue weighted by molar-refractivity contribution is -0.385. The maximum atomic E-state index is 11.8. The van der Waals surface area contributed by atoms with Crippen LogP contribution in [0.1, 0.15) is 11.1 Å². The summed E-state index contributed by atoms with van der Waals surface area (Å²) in [4.78, 5) is 33.8. The number of hydrazone groups is 1. The molecular weight excluding hydrogens is 360 g/mol. The van der Waals surface area contributed by atoms with Gasteiger partial charge in [-0.25, -0.2) is 5.43 Å². The molecule has 0 aliphatic rings. The number of amides is 2. The number of nitro benzene ring substituents is 1. The Morgan fingerprint density at radius 2 is 1.81 bits per heavy atom. The van der Waals surface area contributed by atoms with Gasteiger partial charge < -0.3 is 5.32 Å². The Morgan fingerprint density at radius 3 is 2.50 bits per heavy atom. The van der Waals surface area contributed by atoms with Gasteiger partial charge in [-0.2, -0.15) is 5.10 Å². The molecule has 0 radical (unpaired) electrons. The second kappa shape index (κ2) is 9.28. The number of carbonyl (C=O) groups excluding carboxylic acids is 2. The molecule has 2 N–H and O–H groups in total. The zero-order valence-electron chi connectivity index (χ0n) is 13.5. The van der Waals surface area contributed by atoms with Gasteiger partial charge in [-0.05, 0) is 23.8 Å². The summed E-state index contributed by atoms with van der Waals surface area (Å²) in [7, 11) is 0. The zero-order valence-corrected chi connectivity index (χ0v) is 14.3. The quantitative estimate of drug-likeness (QED) is 0.438. The van der Waals surface area contributed by atoms with Crippen LogP contribution in [-0.4, -0.2) is 29.5 Å². The van der Waals surface area contributed by atoms with Crippen LogP contribution in [0.3, 0.4) is 0 Å². The minimum Gasteiger partial charge on any atom is -0.347 e. The molecule has 2 amide bonds. The van der Waals surface area contributed by atoms with Gasteiger partial charge in [-0.1, -0.05) is 35.9 Å². The molecule has 0 aliphatic heterocycles. The lowest BCUT2D eigenvalue weighted by atomic mass is 10.1. The maximum absolute atomic E-state index is 11.8. The third-order valence-electron chi connectivity index (χ3n) is 3.25. The number of para-hydroxylation sites is 1. The van der Waals surface area contributed by atoms with Crippen molar-refractivity contribution in [2.24, 2.45) is 5.10 Å². The molecule has 0 spiro atoms. The second-order valence-corrected chi connectivity index (χ2v) is 5.63. The molecule has 0 heterocycles. The normalized spacial score (nSPS) is 10.5. The van der Waals surface area contributed by atoms with Gasteiger partial charge in [0, 0.05) is 11.1 Å². The van der Waals surface area contributed by atoms with E-state index in [1.54, 1.807) is 30.3 Å². The Bertz CT molecular complexity index is 837. The number of rotatable bonds is 7. The van der Waals surface area contributed by atoms with Crippen molar-refractivity contribution in [3.05, 3.63) is 74.8 Å². The van der Waals surface area contributed by atoms with Crippen molar-refractivity contribution < 1.29 is 14.5 Å². The molecule has 134 valence electrons. The Hall–Kier alpha value is -3.26. The van der Waals surface area contributed by atoms with Crippen LogP contribution in [0.5, 0.6) is 0 Å². The minimum absolute atomic E-state index is 0.115. The molecule has 9 heteroatoms. The van der Waals surface area contributed by atoms with E-state index in [9.17, 15) is 19.7 Å². The number of hydrogen-bond donors (Lipinski definition) is 2. The molecule has 0 aliphatic carbocycles. The molecule has 0 unspecified atom stereocenters. The van der Waals surface area contributed by atoms with Crippen LogP contribution in [0.4, 0.5) is 5.69 Å². The molecule has 0 saturated heterocycles. The first-order valence-electron chi connectivity index (χ1n) is 7.52. The number of halogens is 1. The molecule has 2 rings (SSSR count). The summed E-state index contributed by atoms with van der Waals surface area (Å²) < 4.78 is 0. The fraction of sp³-hybridized carbons (Fsp3) is 0.118. The SMILES string of the molecule is O=C(Cc1ccc(Cl)cc1)NCC(=O)N/N=C\c1ccccc1[N+](=O)[O-]. The van der Waals surface area contributed by atoms with Crippen LogP contribution < -0.4 is 10.7 Å². The highest BCUT2D eigenvalue weighted by Gasteiger charge is 2.10. The first-order valence-corrected chi connectivity index (χ1v) is 7.90. The average Bonchev–Trinajstić information content (AvgIpc) is 2.62. The molecule has 0 fully saturated rings. The van der Waals surface area contributed by atoms with Crippen molar-refractivity contribution in [3.8, 4) is 0 Å². The van der Waals surface area contributed by atoms with Crippen LogP contribution >= 0.6 is 11.6 Å². The molecule has 0 aromatic heterocycles. The van der Waals surface area contributed by atoms with E-state index in [4.69, 9.17) is 11.6 Å². The smallest absolute Gasteiger partial charge is 0.278 e. The van der Waals surface area contributed by atoms with E-state index in [-0.39, 0.29) is 30.1 Å². The number of nitro groups is 1. The third kappa shape index (κ3) is 5.99. The Kier molecular flexibility index (Phi) is 6.81. The van der Waals surface area contributed by atoms with Gasteiger partial charge >= 0.3 is 0 Å². The summed E-state index contributed by atoms with van der Waals surface area (Å²) in [5.41, 5.74) is 3.10. The van der Waals surface area contributed by atoms with Crippen molar-refractivity contribution >= 4 is 35.3 Å². The summed E-state index contributed by atoms with van der Waals surface area (Å²) in [5, 5.41) is 17.6. The summed E-state index contributed by atoms with van der Waals surface area (Å²) in [6.07, 6.45) is 1.29. The van der Waals surface area contributed by atoms with Crippen molar-refractivity contribution in [1.82, 2.24) is 10.7 Å². The predicted molar refractivity (Wildman–Crippen MR) is 97.0 cm³/mol. The van der Waals surface area contributed by atoms with E-state index in [0.717, 1.165) is 5.56 Å². The average molecular weight is 375 g/mol. The molecule has 0 atom stereocenters. The number of hydrogen-bond acceptors (Lipinski definition) is 5. The van der Waals surface area contributed by atoms with Crippen molar-refractivity contribution in [2.45, 2.75) is 6.42 Å². The number of benzene rings is 2. The molecule has 8 nitrogen and oxygen atoms in total. The second-order valence-electron chi connectivity index (χ2n) is 5.19. The highest BCUT2D eigenvalue weighted by atomic mass is 35.5. The summed E-state index contributed by atoms with van der Waals surface area (Å²) in [6, 6.07) is 12.8. The van der Waals surface area contributed by atoms with Gasteiger partial charge in [0.25, 0.3) is 11.6 Å². The number of nitrogens with one attached hydrogen (secondary N) is 2. The first-order chi connectivity index (χ1) is 12.5. The first kappa shape index (κ1) is 19.1. The van der Waals surface area contributed by atoms with Crippen LogP contribution in [-0.2, 0) is 16.0 Å². The van der Waals surface area contributed by atoms with Gasteiger partial charge in [0.2, 0.25) is 5.91 Å². The Morgan fingerprint density at radius 1 is 1.12 bits per heavy atom. The summed E-state index contributed by atoms with van der Waals surface area (Å²) >= 11 is 5.77. The van der Waals surface area contributed by atoms with Gasteiger partial charge in [0.05, 0.1) is 29.7 Å². The number of nitrogens with zero attached hydrogens (tertiary/aromatic N) is 2. The van der Waals surface area contributed by atoms with Crippen LogP contribution in [0, 0.1) is 10.1 Å². The minimum atomic E-state index is -0.552. The van der Waals surface area contributed by atoms with Crippen molar-refractivity contribution in [3.63, 3.8) is 0 Å². The zero-order chi connectivity index (χ0) is 18.9. The van der Waals surface area contributed by atoms with Gasteiger partial charge in [-0.3, -0.25) is 19.7 Å². The van der Waals surface area contributed by atoms with Crippen LogP contribution in [0.2, 0.25) is 5.02 Å². The van der Waals surface area contributed by atoms with E-state index in [0.29, 0.717) is 5.02 Å². The molecule has 26 heavy (non-hydrogen) atoms. The maximum Gasteiger partial charge on any atom is 0.278 e. The molecule has 0 saturated carbocycles. The van der Waals surface area contributed by atoms with E-state index >= 15 is 0 Å². The number of carbonyl (C=O) groups is 2. The molecule has 2 aromatic carbocycles.